The van der Waals surface area contributed by atoms with Crippen LogP contribution in [-0.2, 0) is 4.79 Å². The van der Waals surface area contributed by atoms with Crippen molar-refractivity contribution in [2.24, 2.45) is 0 Å². The van der Waals surface area contributed by atoms with Crippen LogP contribution in [0.4, 0.5) is 5.82 Å². The van der Waals surface area contributed by atoms with Crippen molar-refractivity contribution in [3.63, 3.8) is 0 Å². The SMILES string of the molecule is Cc1nnc2c3ccccc3c(NC(C)(C)CCC(=O)O)nn12. The van der Waals surface area contributed by atoms with E-state index in [2.05, 4.69) is 20.6 Å². The lowest BCUT2D eigenvalue weighted by Crippen LogP contribution is -2.32. The van der Waals surface area contributed by atoms with Gasteiger partial charge in [-0.25, -0.2) is 0 Å². The van der Waals surface area contributed by atoms with Crippen molar-refractivity contribution in [2.45, 2.75) is 39.2 Å². The van der Waals surface area contributed by atoms with E-state index in [4.69, 9.17) is 5.11 Å². The molecule has 0 fully saturated rings. The number of nitrogens with one attached hydrogen (secondary N) is 1. The smallest absolute Gasteiger partial charge is 0.303 e. The summed E-state index contributed by atoms with van der Waals surface area (Å²) in [6.07, 6.45) is 0.601. The maximum absolute atomic E-state index is 10.8. The molecule has 23 heavy (non-hydrogen) atoms. The van der Waals surface area contributed by atoms with Gasteiger partial charge >= 0.3 is 5.97 Å². The highest BCUT2D eigenvalue weighted by Crippen LogP contribution is 2.28. The molecule has 0 spiro atoms. The zero-order valence-electron chi connectivity index (χ0n) is 13.4. The minimum Gasteiger partial charge on any atom is -0.481 e. The largest absolute Gasteiger partial charge is 0.481 e. The zero-order chi connectivity index (χ0) is 16.6. The summed E-state index contributed by atoms with van der Waals surface area (Å²) in [6.45, 7) is 5.78. The van der Waals surface area contributed by atoms with E-state index in [1.165, 1.54) is 0 Å². The Balaban J connectivity index is 2.08. The van der Waals surface area contributed by atoms with E-state index in [-0.39, 0.29) is 6.42 Å². The normalized spacial score (nSPS) is 12.0. The molecule has 0 atom stereocenters. The van der Waals surface area contributed by atoms with Crippen molar-refractivity contribution in [1.82, 2.24) is 19.8 Å². The van der Waals surface area contributed by atoms with E-state index in [0.717, 1.165) is 10.8 Å². The van der Waals surface area contributed by atoms with Gasteiger partial charge in [0.1, 0.15) is 0 Å². The lowest BCUT2D eigenvalue weighted by Gasteiger charge is -2.27. The molecule has 0 bridgehead atoms. The molecule has 2 aromatic heterocycles. The highest BCUT2D eigenvalue weighted by atomic mass is 16.4. The van der Waals surface area contributed by atoms with E-state index in [1.54, 1.807) is 4.52 Å². The predicted molar refractivity (Wildman–Crippen MR) is 87.6 cm³/mol. The molecule has 0 aliphatic rings. The number of hydrogen-bond donors (Lipinski definition) is 2. The fourth-order valence-corrected chi connectivity index (χ4v) is 2.58. The van der Waals surface area contributed by atoms with Gasteiger partial charge in [0.25, 0.3) is 0 Å². The first-order valence-electron chi connectivity index (χ1n) is 7.48. The average molecular weight is 313 g/mol. The zero-order valence-corrected chi connectivity index (χ0v) is 13.4. The van der Waals surface area contributed by atoms with E-state index in [0.29, 0.717) is 23.7 Å². The van der Waals surface area contributed by atoms with Gasteiger partial charge in [-0.05, 0) is 27.2 Å². The summed E-state index contributed by atoms with van der Waals surface area (Å²) in [5, 5.41) is 27.1. The van der Waals surface area contributed by atoms with E-state index < -0.39 is 11.5 Å². The summed E-state index contributed by atoms with van der Waals surface area (Å²) in [5.41, 5.74) is 0.316. The first-order valence-corrected chi connectivity index (χ1v) is 7.48. The fourth-order valence-electron chi connectivity index (χ4n) is 2.58. The monoisotopic (exact) mass is 313 g/mol. The number of fused-ring (bicyclic) bond motifs is 3. The lowest BCUT2D eigenvalue weighted by molar-refractivity contribution is -0.137. The Kier molecular flexibility index (Phi) is 3.63. The van der Waals surface area contributed by atoms with Gasteiger partial charge in [0, 0.05) is 22.7 Å². The Labute approximate surface area is 133 Å². The molecule has 120 valence electrons. The Bertz CT molecular complexity index is 885. The molecular weight excluding hydrogens is 294 g/mol. The second-order valence-electron chi connectivity index (χ2n) is 6.28. The molecule has 0 saturated heterocycles. The third kappa shape index (κ3) is 2.94. The molecule has 7 heteroatoms. The average Bonchev–Trinajstić information content (AvgIpc) is 2.87. The number of carboxylic acids is 1. The fraction of sp³-hybridized carbons (Fsp3) is 0.375. The highest BCUT2D eigenvalue weighted by Gasteiger charge is 2.22. The van der Waals surface area contributed by atoms with Crippen LogP contribution >= 0.6 is 0 Å². The number of hydrogen-bond acceptors (Lipinski definition) is 5. The Morgan fingerprint density at radius 2 is 1.96 bits per heavy atom. The summed E-state index contributed by atoms with van der Waals surface area (Å²) in [4.78, 5) is 10.8. The Hall–Kier alpha value is -2.70. The topological polar surface area (TPSA) is 92.4 Å². The number of benzene rings is 1. The summed E-state index contributed by atoms with van der Waals surface area (Å²) < 4.78 is 1.71. The number of carboxylic acid groups (broad SMARTS) is 1. The van der Waals surface area contributed by atoms with Crippen molar-refractivity contribution >= 4 is 28.2 Å². The molecule has 0 saturated carbocycles. The van der Waals surface area contributed by atoms with Crippen molar-refractivity contribution in [3.8, 4) is 0 Å². The highest BCUT2D eigenvalue weighted by molar-refractivity contribution is 6.00. The molecule has 3 aromatic rings. The Morgan fingerprint density at radius 3 is 2.65 bits per heavy atom. The van der Waals surface area contributed by atoms with Gasteiger partial charge in [0.15, 0.2) is 17.3 Å². The molecule has 7 nitrogen and oxygen atoms in total. The summed E-state index contributed by atoms with van der Waals surface area (Å²) >= 11 is 0. The van der Waals surface area contributed by atoms with Crippen molar-refractivity contribution < 1.29 is 9.90 Å². The first kappa shape index (κ1) is 15.2. The van der Waals surface area contributed by atoms with E-state index in [1.807, 2.05) is 45.0 Å². The maximum atomic E-state index is 10.8. The molecule has 1 aromatic carbocycles. The molecule has 0 amide bonds. The summed E-state index contributed by atoms with van der Waals surface area (Å²) in [6, 6.07) is 7.85. The molecule has 0 aliphatic heterocycles. The number of anilines is 1. The molecule has 2 N–H and O–H groups in total. The van der Waals surface area contributed by atoms with Gasteiger partial charge in [0.05, 0.1) is 0 Å². The van der Waals surface area contributed by atoms with Crippen LogP contribution in [0.5, 0.6) is 0 Å². The summed E-state index contributed by atoms with van der Waals surface area (Å²) in [7, 11) is 0. The van der Waals surface area contributed by atoms with Crippen LogP contribution in [0.25, 0.3) is 16.4 Å². The van der Waals surface area contributed by atoms with Gasteiger partial charge in [-0.3, -0.25) is 4.79 Å². The van der Waals surface area contributed by atoms with E-state index >= 15 is 0 Å². The second-order valence-corrected chi connectivity index (χ2v) is 6.28. The molecule has 2 heterocycles. The Morgan fingerprint density at radius 1 is 1.26 bits per heavy atom. The first-order chi connectivity index (χ1) is 10.9. The van der Waals surface area contributed by atoms with Gasteiger partial charge in [0.2, 0.25) is 0 Å². The van der Waals surface area contributed by atoms with Crippen LogP contribution in [0, 0.1) is 6.92 Å². The summed E-state index contributed by atoms with van der Waals surface area (Å²) in [5.74, 6) is 0.603. The van der Waals surface area contributed by atoms with Crippen molar-refractivity contribution in [1.29, 1.82) is 0 Å². The van der Waals surface area contributed by atoms with Gasteiger partial charge in [-0.15, -0.1) is 15.3 Å². The number of carbonyl (C=O) groups is 1. The number of aliphatic carboxylic acids is 1. The van der Waals surface area contributed by atoms with Crippen LogP contribution in [-0.4, -0.2) is 36.4 Å². The van der Waals surface area contributed by atoms with Crippen LogP contribution in [0.1, 0.15) is 32.5 Å². The van der Waals surface area contributed by atoms with Gasteiger partial charge < -0.3 is 10.4 Å². The predicted octanol–water partition coefficient (Wildman–Crippen LogP) is 2.64. The maximum Gasteiger partial charge on any atom is 0.303 e. The molecular formula is C16H19N5O2. The molecule has 0 aliphatic carbocycles. The molecule has 0 unspecified atom stereocenters. The third-order valence-electron chi connectivity index (χ3n) is 3.84. The van der Waals surface area contributed by atoms with Crippen LogP contribution in [0.2, 0.25) is 0 Å². The van der Waals surface area contributed by atoms with Crippen LogP contribution < -0.4 is 5.32 Å². The number of aryl methyl sites for hydroxylation is 1. The number of aromatic nitrogens is 4. The van der Waals surface area contributed by atoms with Crippen LogP contribution in [0.15, 0.2) is 24.3 Å². The molecule has 3 rings (SSSR count). The third-order valence-corrected chi connectivity index (χ3v) is 3.84. The van der Waals surface area contributed by atoms with E-state index in [9.17, 15) is 4.79 Å². The minimum absolute atomic E-state index is 0.103. The van der Waals surface area contributed by atoms with Gasteiger partial charge in [-0.1, -0.05) is 24.3 Å². The van der Waals surface area contributed by atoms with Gasteiger partial charge in [-0.2, -0.15) is 4.52 Å². The molecule has 0 radical (unpaired) electrons. The lowest BCUT2D eigenvalue weighted by atomic mass is 9.98. The minimum atomic E-state index is -0.803. The standard InChI is InChI=1S/C16H19N5O2/c1-10-18-19-15-12-7-5-4-6-11(12)14(20-21(10)15)17-16(2,3)9-8-13(22)23/h4-7H,8-9H2,1-3H3,(H,17,20)(H,22,23). The van der Waals surface area contributed by atoms with Crippen LogP contribution in [0.3, 0.4) is 0 Å². The van der Waals surface area contributed by atoms with Crippen molar-refractivity contribution in [3.05, 3.63) is 30.1 Å². The quantitative estimate of drug-likeness (QED) is 0.752. The number of rotatable bonds is 5. The van der Waals surface area contributed by atoms with Crippen molar-refractivity contribution in [2.75, 3.05) is 5.32 Å². The second kappa shape index (κ2) is 5.49. The number of nitrogens with zero attached hydrogens (tertiary/aromatic N) is 4.